The SMILES string of the molecule is C.CC(=O)N1CCC(C(=O)CBr)CC1.CC(=O)N1CCC(c2cn3nc(Br)sc3n2)CC1.Nc1nnc(Br)s1. The van der Waals surface area contributed by atoms with E-state index in [1.54, 1.807) is 18.7 Å². The van der Waals surface area contributed by atoms with Crippen LogP contribution >= 0.6 is 70.5 Å². The first-order chi connectivity index (χ1) is 18.1. The maximum absolute atomic E-state index is 11.3. The lowest BCUT2D eigenvalue weighted by atomic mass is 9.93. The average molecular weight is 773 g/mol. The van der Waals surface area contributed by atoms with Crippen LogP contribution in [-0.4, -0.2) is 83.7 Å². The molecule has 39 heavy (non-hydrogen) atoms. The number of amides is 2. The van der Waals surface area contributed by atoms with E-state index >= 15 is 0 Å². The van der Waals surface area contributed by atoms with Gasteiger partial charge in [-0.3, -0.25) is 14.4 Å². The van der Waals surface area contributed by atoms with Crippen LogP contribution in [0, 0.1) is 5.92 Å². The van der Waals surface area contributed by atoms with E-state index in [0.717, 1.165) is 70.4 Å². The minimum Gasteiger partial charge on any atom is -0.374 e. The molecule has 5 heterocycles. The molecule has 2 N–H and O–H groups in total. The van der Waals surface area contributed by atoms with Crippen LogP contribution in [0.1, 0.15) is 58.6 Å². The summed E-state index contributed by atoms with van der Waals surface area (Å²) in [6, 6.07) is 0. The highest BCUT2D eigenvalue weighted by Crippen LogP contribution is 2.29. The summed E-state index contributed by atoms with van der Waals surface area (Å²) in [7, 11) is 0. The third kappa shape index (κ3) is 10.1. The maximum atomic E-state index is 11.3. The molecule has 0 atom stereocenters. The first-order valence-electron chi connectivity index (χ1n) is 11.9. The van der Waals surface area contributed by atoms with Gasteiger partial charge < -0.3 is 15.5 Å². The minimum atomic E-state index is 0. The number of nitrogen functional groups attached to an aromatic ring is 1. The third-order valence-electron chi connectivity index (χ3n) is 6.34. The highest BCUT2D eigenvalue weighted by atomic mass is 79.9. The van der Waals surface area contributed by atoms with Crippen molar-refractivity contribution in [2.75, 3.05) is 37.2 Å². The highest BCUT2D eigenvalue weighted by Gasteiger charge is 2.25. The summed E-state index contributed by atoms with van der Waals surface area (Å²) in [5.41, 5.74) is 6.29. The molecule has 0 spiro atoms. The van der Waals surface area contributed by atoms with Crippen LogP contribution in [0.2, 0.25) is 0 Å². The number of likely N-dealkylation sites (tertiary alicyclic amines) is 2. The highest BCUT2D eigenvalue weighted by molar-refractivity contribution is 9.11. The van der Waals surface area contributed by atoms with Gasteiger partial charge in [0.25, 0.3) is 0 Å². The third-order valence-corrected chi connectivity index (χ3v) is 9.43. The number of nitrogens with two attached hydrogens (primary N) is 1. The Hall–Kier alpha value is -1.49. The molecule has 2 fully saturated rings. The summed E-state index contributed by atoms with van der Waals surface area (Å²) in [6.07, 6.45) is 5.63. The maximum Gasteiger partial charge on any atom is 0.219 e. The standard InChI is InChI=1S/C11H13BrN4OS.C9H14BrNO2.C2H2BrN3S.CH4/c1-7(17)15-4-2-8(3-5-15)9-6-16-11(13-9)18-10(12)14-16;1-7(12)11-4-2-8(3-5-11)9(13)6-10;3-1-5-6-2(4)7-1;/h6,8H,2-5H2,1H3;8H,2-6H2,1H3;(H2,4,6);1H4. The summed E-state index contributed by atoms with van der Waals surface area (Å²) < 4.78 is 3.40. The lowest BCUT2D eigenvalue weighted by Crippen LogP contribution is -2.39. The van der Waals surface area contributed by atoms with Gasteiger partial charge in [-0.25, -0.2) is 9.50 Å². The van der Waals surface area contributed by atoms with Gasteiger partial charge in [0.05, 0.1) is 17.2 Å². The molecule has 3 aromatic rings. The van der Waals surface area contributed by atoms with E-state index in [0.29, 0.717) is 16.4 Å². The second-order valence-corrected chi connectivity index (χ2v) is 13.9. The number of halogens is 3. The normalized spacial score (nSPS) is 16.0. The van der Waals surface area contributed by atoms with E-state index < -0.39 is 0 Å². The van der Waals surface area contributed by atoms with Crippen LogP contribution in [-0.2, 0) is 14.4 Å². The van der Waals surface area contributed by atoms with E-state index in [2.05, 4.69) is 68.1 Å². The summed E-state index contributed by atoms with van der Waals surface area (Å²) in [6.45, 7) is 6.35. The van der Waals surface area contributed by atoms with E-state index in [9.17, 15) is 14.4 Å². The zero-order valence-electron chi connectivity index (χ0n) is 21.0. The molecule has 2 amide bonds. The lowest BCUT2D eigenvalue weighted by Gasteiger charge is -2.30. The van der Waals surface area contributed by atoms with Crippen LogP contribution < -0.4 is 5.73 Å². The molecular weight excluding hydrogens is 740 g/mol. The van der Waals surface area contributed by atoms with Crippen molar-refractivity contribution in [3.8, 4) is 0 Å². The molecule has 2 saturated heterocycles. The number of piperidine rings is 2. The van der Waals surface area contributed by atoms with Crippen molar-refractivity contribution in [1.82, 2.24) is 34.6 Å². The number of ketones is 1. The second kappa shape index (κ2) is 16.1. The Labute approximate surface area is 261 Å². The number of aromatic nitrogens is 5. The fourth-order valence-corrected chi connectivity index (χ4v) is 6.81. The van der Waals surface area contributed by atoms with Crippen LogP contribution in [0.15, 0.2) is 14.0 Å². The summed E-state index contributed by atoms with van der Waals surface area (Å²) >= 11 is 12.5. The number of alkyl halides is 1. The summed E-state index contributed by atoms with van der Waals surface area (Å²) in [5, 5.41) is 12.3. The second-order valence-electron chi connectivity index (χ2n) is 8.80. The molecule has 0 aliphatic carbocycles. The van der Waals surface area contributed by atoms with E-state index in [4.69, 9.17) is 5.73 Å². The van der Waals surface area contributed by atoms with Gasteiger partial charge in [-0.2, -0.15) is 0 Å². The number of Topliss-reactive ketones (excluding diaryl/α,β-unsaturated/α-hetero) is 1. The van der Waals surface area contributed by atoms with Crippen molar-refractivity contribution in [2.24, 2.45) is 5.92 Å². The Kier molecular flexibility index (Phi) is 13.9. The monoisotopic (exact) mass is 770 g/mol. The van der Waals surface area contributed by atoms with Crippen molar-refractivity contribution in [1.29, 1.82) is 0 Å². The number of nitrogens with zero attached hydrogens (tertiary/aromatic N) is 7. The van der Waals surface area contributed by atoms with Gasteiger partial charge in [-0.05, 0) is 57.5 Å². The minimum absolute atomic E-state index is 0. The van der Waals surface area contributed by atoms with E-state index in [1.165, 1.54) is 22.7 Å². The quantitative estimate of drug-likeness (QED) is 0.367. The molecule has 5 rings (SSSR count). The van der Waals surface area contributed by atoms with Gasteiger partial charge >= 0.3 is 0 Å². The van der Waals surface area contributed by atoms with Crippen LogP contribution in [0.25, 0.3) is 4.96 Å². The van der Waals surface area contributed by atoms with Gasteiger partial charge in [0.1, 0.15) is 5.78 Å². The number of fused-ring (bicyclic) bond motifs is 1. The Morgan fingerprint density at radius 2 is 1.51 bits per heavy atom. The van der Waals surface area contributed by atoms with Gasteiger partial charge in [-0.15, -0.1) is 15.3 Å². The number of hydrogen-bond donors (Lipinski definition) is 1. The number of carbonyl (C=O) groups excluding carboxylic acids is 3. The molecule has 16 heteroatoms. The van der Waals surface area contributed by atoms with Crippen molar-refractivity contribution < 1.29 is 14.4 Å². The largest absolute Gasteiger partial charge is 0.374 e. The van der Waals surface area contributed by atoms with Gasteiger partial charge in [0.2, 0.25) is 21.9 Å². The Morgan fingerprint density at radius 3 is 1.92 bits per heavy atom. The molecule has 0 radical (unpaired) electrons. The molecule has 2 aliphatic rings. The van der Waals surface area contributed by atoms with Crippen molar-refractivity contribution >= 4 is 98.2 Å². The van der Waals surface area contributed by atoms with E-state index in [-0.39, 0.29) is 30.9 Å². The molecule has 0 aromatic carbocycles. The fraction of sp³-hybridized carbons (Fsp3) is 0.609. The van der Waals surface area contributed by atoms with Crippen LogP contribution in [0.4, 0.5) is 5.13 Å². The number of hydrogen-bond acceptors (Lipinski definition) is 10. The Morgan fingerprint density at radius 1 is 0.949 bits per heavy atom. The molecule has 0 saturated carbocycles. The predicted molar refractivity (Wildman–Crippen MR) is 165 cm³/mol. The van der Waals surface area contributed by atoms with Gasteiger partial charge in [-0.1, -0.05) is 46.0 Å². The molecule has 3 aromatic heterocycles. The topological polar surface area (TPSA) is 140 Å². The van der Waals surface area contributed by atoms with Crippen LogP contribution in [0.3, 0.4) is 0 Å². The molecule has 11 nitrogen and oxygen atoms in total. The fourth-order valence-electron chi connectivity index (χ4n) is 4.22. The van der Waals surface area contributed by atoms with Crippen molar-refractivity contribution in [3.63, 3.8) is 0 Å². The lowest BCUT2D eigenvalue weighted by molar-refractivity contribution is -0.132. The van der Waals surface area contributed by atoms with Gasteiger partial charge in [0, 0.05) is 51.9 Å². The molecule has 216 valence electrons. The zero-order chi connectivity index (χ0) is 27.8. The number of imidazole rings is 1. The Bertz CT molecular complexity index is 1190. The predicted octanol–water partition coefficient (Wildman–Crippen LogP) is 5.01. The molecular formula is C23H33Br3N8O3S2. The summed E-state index contributed by atoms with van der Waals surface area (Å²) in [4.78, 5) is 42.8. The van der Waals surface area contributed by atoms with Crippen molar-refractivity contribution in [3.05, 3.63) is 19.7 Å². The number of anilines is 1. The first kappa shape index (κ1) is 33.7. The molecule has 0 bridgehead atoms. The molecule has 0 unspecified atom stereocenters. The number of rotatable bonds is 3. The average Bonchev–Trinajstić information content (AvgIpc) is 3.58. The van der Waals surface area contributed by atoms with E-state index in [1.807, 2.05) is 15.6 Å². The first-order valence-corrected chi connectivity index (χ1v) is 16.3. The zero-order valence-corrected chi connectivity index (χ0v) is 27.4. The summed E-state index contributed by atoms with van der Waals surface area (Å²) in [5.74, 6) is 1.17. The molecule has 2 aliphatic heterocycles. The van der Waals surface area contributed by atoms with Crippen LogP contribution in [0.5, 0.6) is 0 Å². The Balaban J connectivity index is 0.000000223. The van der Waals surface area contributed by atoms with Gasteiger partial charge in [0.15, 0.2) is 7.83 Å². The number of carbonyl (C=O) groups is 3. The smallest absolute Gasteiger partial charge is 0.219 e. The van der Waals surface area contributed by atoms with Crippen molar-refractivity contribution in [2.45, 2.75) is 52.9 Å².